The summed E-state index contributed by atoms with van der Waals surface area (Å²) in [6, 6.07) is 7.31. The fourth-order valence-corrected chi connectivity index (χ4v) is 5.06. The molecule has 0 saturated carbocycles. The molecule has 0 aromatic carbocycles. The first-order chi connectivity index (χ1) is 14.5. The van der Waals surface area contributed by atoms with Crippen LogP contribution in [0.15, 0.2) is 39.8 Å². The normalized spacial score (nSPS) is 20.2. The number of rotatable bonds is 7. The van der Waals surface area contributed by atoms with Crippen molar-refractivity contribution < 1.29 is 22.3 Å². The van der Waals surface area contributed by atoms with E-state index in [0.717, 1.165) is 24.6 Å². The number of nitrogens with one attached hydrogen (secondary N) is 1. The van der Waals surface area contributed by atoms with Gasteiger partial charge < -0.3 is 19.2 Å². The largest absolute Gasteiger partial charge is 0.465 e. The smallest absolute Gasteiger partial charge is 0.244 e. The van der Waals surface area contributed by atoms with Crippen LogP contribution in [0.25, 0.3) is 0 Å². The Morgan fingerprint density at radius 3 is 2.33 bits per heavy atom. The van der Waals surface area contributed by atoms with Crippen LogP contribution >= 0.6 is 0 Å². The fraction of sp³-hybridized carbons (Fsp3) is 0.550. The number of aromatic nitrogens is 1. The maximum Gasteiger partial charge on any atom is 0.244 e. The van der Waals surface area contributed by atoms with Crippen LogP contribution < -0.4 is 5.32 Å². The van der Waals surface area contributed by atoms with Crippen LogP contribution in [0.3, 0.4) is 0 Å². The van der Waals surface area contributed by atoms with Crippen molar-refractivity contribution in [3.05, 3.63) is 42.0 Å². The molecule has 0 amide bonds. The van der Waals surface area contributed by atoms with Crippen LogP contribution in [0.4, 0.5) is 5.82 Å². The van der Waals surface area contributed by atoms with Gasteiger partial charge in [0.2, 0.25) is 10.0 Å². The SMILES string of the molecule is Cc1ccc(C(CNc2ccc(S(=O)(=O)N3CCOCC3)cn2)N2CCOCC2)o1. The van der Waals surface area contributed by atoms with E-state index in [2.05, 4.69) is 15.2 Å². The number of anilines is 1. The van der Waals surface area contributed by atoms with Gasteiger partial charge in [-0.25, -0.2) is 13.4 Å². The molecule has 0 spiro atoms. The van der Waals surface area contributed by atoms with Gasteiger partial charge in [0.05, 0.1) is 32.5 Å². The Morgan fingerprint density at radius 1 is 1.03 bits per heavy atom. The number of pyridine rings is 1. The number of nitrogens with zero attached hydrogens (tertiary/aromatic N) is 3. The standard InChI is InChI=1S/C20H28N4O5S/c1-16-2-4-19(29-16)18(23-6-10-27-11-7-23)15-22-20-5-3-17(14-21-20)30(25,26)24-8-12-28-13-9-24/h2-5,14,18H,6-13,15H2,1H3,(H,21,22). The molecule has 2 aromatic heterocycles. The van der Waals surface area contributed by atoms with Gasteiger partial charge in [-0.1, -0.05) is 0 Å². The zero-order chi connectivity index (χ0) is 21.0. The van der Waals surface area contributed by atoms with Gasteiger partial charge >= 0.3 is 0 Å². The Kier molecular flexibility index (Phi) is 6.69. The lowest BCUT2D eigenvalue weighted by Crippen LogP contribution is -2.41. The second-order valence-corrected chi connectivity index (χ2v) is 9.33. The van der Waals surface area contributed by atoms with Gasteiger partial charge in [-0.05, 0) is 31.2 Å². The zero-order valence-electron chi connectivity index (χ0n) is 17.1. The van der Waals surface area contributed by atoms with Crippen molar-refractivity contribution in [2.24, 2.45) is 0 Å². The highest BCUT2D eigenvalue weighted by molar-refractivity contribution is 7.89. The molecule has 0 aliphatic carbocycles. The summed E-state index contributed by atoms with van der Waals surface area (Å²) in [4.78, 5) is 6.85. The first kappa shape index (κ1) is 21.3. The highest BCUT2D eigenvalue weighted by Gasteiger charge is 2.27. The summed E-state index contributed by atoms with van der Waals surface area (Å²) in [6.45, 7) is 7.15. The number of hydrogen-bond donors (Lipinski definition) is 1. The molecule has 2 saturated heterocycles. The predicted molar refractivity (Wildman–Crippen MR) is 111 cm³/mol. The quantitative estimate of drug-likeness (QED) is 0.697. The van der Waals surface area contributed by atoms with E-state index in [1.165, 1.54) is 10.5 Å². The van der Waals surface area contributed by atoms with Crippen molar-refractivity contribution >= 4 is 15.8 Å². The lowest BCUT2D eigenvalue weighted by atomic mass is 10.1. The van der Waals surface area contributed by atoms with Crippen molar-refractivity contribution in [3.63, 3.8) is 0 Å². The van der Waals surface area contributed by atoms with Gasteiger partial charge in [-0.2, -0.15) is 4.31 Å². The molecular weight excluding hydrogens is 408 g/mol. The maximum absolute atomic E-state index is 12.7. The van der Waals surface area contributed by atoms with E-state index in [0.29, 0.717) is 51.9 Å². The molecule has 0 bridgehead atoms. The average Bonchev–Trinajstić information content (AvgIpc) is 3.21. The third-order valence-corrected chi connectivity index (χ3v) is 7.28. The summed E-state index contributed by atoms with van der Waals surface area (Å²) in [5.74, 6) is 2.39. The summed E-state index contributed by atoms with van der Waals surface area (Å²) in [7, 11) is -3.54. The Hall–Kier alpha value is -1.98. The molecule has 4 rings (SSSR count). The number of morpholine rings is 2. The summed E-state index contributed by atoms with van der Waals surface area (Å²) in [5, 5.41) is 3.33. The minimum absolute atomic E-state index is 0.0427. The van der Waals surface area contributed by atoms with Crippen LogP contribution in [0, 0.1) is 6.92 Å². The lowest BCUT2D eigenvalue weighted by Gasteiger charge is -2.33. The van der Waals surface area contributed by atoms with Crippen molar-refractivity contribution in [3.8, 4) is 0 Å². The van der Waals surface area contributed by atoms with Crippen LogP contribution in [-0.2, 0) is 19.5 Å². The van der Waals surface area contributed by atoms with Crippen LogP contribution in [-0.4, -0.2) is 81.8 Å². The van der Waals surface area contributed by atoms with E-state index < -0.39 is 10.0 Å². The second-order valence-electron chi connectivity index (χ2n) is 7.39. The molecule has 2 aromatic rings. The topological polar surface area (TPSA) is 97.1 Å². The highest BCUT2D eigenvalue weighted by atomic mass is 32.2. The Balaban J connectivity index is 1.43. The van der Waals surface area contributed by atoms with E-state index in [1.807, 2.05) is 19.1 Å². The maximum atomic E-state index is 12.7. The van der Waals surface area contributed by atoms with Crippen molar-refractivity contribution in [2.45, 2.75) is 17.9 Å². The van der Waals surface area contributed by atoms with E-state index in [1.54, 1.807) is 12.1 Å². The Labute approximate surface area is 177 Å². The predicted octanol–water partition coefficient (Wildman–Crippen LogP) is 1.49. The minimum Gasteiger partial charge on any atom is -0.465 e. The van der Waals surface area contributed by atoms with Crippen LogP contribution in [0.5, 0.6) is 0 Å². The lowest BCUT2D eigenvalue weighted by molar-refractivity contribution is 0.0143. The highest BCUT2D eigenvalue weighted by Crippen LogP contribution is 2.25. The molecule has 1 atom stereocenters. The Morgan fingerprint density at radius 2 is 1.73 bits per heavy atom. The molecule has 30 heavy (non-hydrogen) atoms. The van der Waals surface area contributed by atoms with Gasteiger partial charge in [0, 0.05) is 38.9 Å². The molecule has 10 heteroatoms. The van der Waals surface area contributed by atoms with Crippen molar-refractivity contribution in [2.75, 3.05) is 64.5 Å². The van der Waals surface area contributed by atoms with E-state index in [-0.39, 0.29) is 10.9 Å². The van der Waals surface area contributed by atoms with E-state index in [4.69, 9.17) is 13.9 Å². The molecule has 2 aliphatic heterocycles. The van der Waals surface area contributed by atoms with Crippen LogP contribution in [0.1, 0.15) is 17.6 Å². The zero-order valence-corrected chi connectivity index (χ0v) is 17.9. The molecule has 164 valence electrons. The first-order valence-corrected chi connectivity index (χ1v) is 11.6. The number of aryl methyl sites for hydroxylation is 1. The molecule has 4 heterocycles. The molecule has 0 radical (unpaired) electrons. The fourth-order valence-electron chi connectivity index (χ4n) is 3.71. The third kappa shape index (κ3) is 4.84. The van der Waals surface area contributed by atoms with Crippen molar-refractivity contribution in [1.82, 2.24) is 14.2 Å². The average molecular weight is 437 g/mol. The summed E-state index contributed by atoms with van der Waals surface area (Å²) < 4.78 is 43.5. The van der Waals surface area contributed by atoms with Gasteiger partial charge in [0.15, 0.2) is 0 Å². The molecule has 2 fully saturated rings. The monoisotopic (exact) mass is 436 g/mol. The van der Waals surface area contributed by atoms with Gasteiger partial charge in [0.1, 0.15) is 22.2 Å². The molecule has 9 nitrogen and oxygen atoms in total. The Bertz CT molecular complexity index is 919. The molecule has 1 unspecified atom stereocenters. The second kappa shape index (κ2) is 9.44. The summed E-state index contributed by atoms with van der Waals surface area (Å²) in [5.41, 5.74) is 0. The van der Waals surface area contributed by atoms with Gasteiger partial charge in [-0.15, -0.1) is 0 Å². The van der Waals surface area contributed by atoms with Gasteiger partial charge in [0.25, 0.3) is 0 Å². The van der Waals surface area contributed by atoms with Gasteiger partial charge in [-0.3, -0.25) is 4.90 Å². The van der Waals surface area contributed by atoms with E-state index in [9.17, 15) is 8.42 Å². The first-order valence-electron chi connectivity index (χ1n) is 10.2. The minimum atomic E-state index is -3.54. The molecule has 2 aliphatic rings. The number of sulfonamides is 1. The number of hydrogen-bond acceptors (Lipinski definition) is 8. The van der Waals surface area contributed by atoms with Crippen LogP contribution in [0.2, 0.25) is 0 Å². The summed E-state index contributed by atoms with van der Waals surface area (Å²) in [6.07, 6.45) is 1.41. The summed E-state index contributed by atoms with van der Waals surface area (Å²) >= 11 is 0. The van der Waals surface area contributed by atoms with E-state index >= 15 is 0 Å². The third-order valence-electron chi connectivity index (χ3n) is 5.40. The number of ether oxygens (including phenoxy) is 2. The number of furan rings is 1. The van der Waals surface area contributed by atoms with Crippen molar-refractivity contribution in [1.29, 1.82) is 0 Å². The molecular formula is C20H28N4O5S. The molecule has 1 N–H and O–H groups in total.